The predicted molar refractivity (Wildman–Crippen MR) is 90.6 cm³/mol. The average molecular weight is 315 g/mol. The van der Waals surface area contributed by atoms with Gasteiger partial charge in [0.15, 0.2) is 6.10 Å². The summed E-state index contributed by atoms with van der Waals surface area (Å²) in [5, 5.41) is 6.98. The topological polar surface area (TPSA) is 56.1 Å². The number of hydrogen-bond acceptors (Lipinski definition) is 3. The molecule has 5 heteroatoms. The molecule has 2 rings (SSSR count). The molecule has 1 aromatic heterocycles. The second kappa shape index (κ2) is 7.81. The molecule has 23 heavy (non-hydrogen) atoms. The van der Waals surface area contributed by atoms with Gasteiger partial charge >= 0.3 is 0 Å². The SMILES string of the molecule is Cc1ccc(C(C)C)c(O[C@H](C)C(=O)NCCn2cccn2)c1. The fourth-order valence-corrected chi connectivity index (χ4v) is 2.33. The zero-order chi connectivity index (χ0) is 16.8. The van der Waals surface area contributed by atoms with E-state index in [1.165, 1.54) is 0 Å². The van der Waals surface area contributed by atoms with Gasteiger partial charge in [0.25, 0.3) is 5.91 Å². The molecule has 1 atom stereocenters. The van der Waals surface area contributed by atoms with Crippen LogP contribution in [-0.4, -0.2) is 28.3 Å². The van der Waals surface area contributed by atoms with Crippen molar-refractivity contribution in [2.24, 2.45) is 0 Å². The molecule has 0 aliphatic heterocycles. The number of aromatic nitrogens is 2. The van der Waals surface area contributed by atoms with Gasteiger partial charge in [0.1, 0.15) is 5.75 Å². The molecule has 1 N–H and O–H groups in total. The third-order valence-corrected chi connectivity index (χ3v) is 3.66. The lowest BCUT2D eigenvalue weighted by Crippen LogP contribution is -2.38. The van der Waals surface area contributed by atoms with Crippen molar-refractivity contribution in [3.63, 3.8) is 0 Å². The predicted octanol–water partition coefficient (Wildman–Crippen LogP) is 2.90. The quantitative estimate of drug-likeness (QED) is 0.855. The Morgan fingerprint density at radius 2 is 2.13 bits per heavy atom. The third-order valence-electron chi connectivity index (χ3n) is 3.66. The van der Waals surface area contributed by atoms with Gasteiger partial charge in [0.05, 0.1) is 6.54 Å². The molecule has 124 valence electrons. The van der Waals surface area contributed by atoms with Crippen molar-refractivity contribution >= 4 is 5.91 Å². The summed E-state index contributed by atoms with van der Waals surface area (Å²) in [5.74, 6) is 1.02. The smallest absolute Gasteiger partial charge is 0.260 e. The number of hydrogen-bond donors (Lipinski definition) is 1. The molecule has 0 saturated heterocycles. The van der Waals surface area contributed by atoms with Crippen LogP contribution in [-0.2, 0) is 11.3 Å². The summed E-state index contributed by atoms with van der Waals surface area (Å²) in [4.78, 5) is 12.2. The molecule has 0 unspecified atom stereocenters. The fraction of sp³-hybridized carbons (Fsp3) is 0.444. The molecule has 0 spiro atoms. The van der Waals surface area contributed by atoms with Crippen molar-refractivity contribution in [2.45, 2.75) is 46.3 Å². The molecule has 0 fully saturated rings. The Hall–Kier alpha value is -2.30. The highest BCUT2D eigenvalue weighted by Gasteiger charge is 2.17. The number of carbonyl (C=O) groups excluding carboxylic acids is 1. The van der Waals surface area contributed by atoms with Crippen LogP contribution in [0, 0.1) is 6.92 Å². The van der Waals surface area contributed by atoms with Crippen LogP contribution in [0.4, 0.5) is 0 Å². The Labute approximate surface area is 137 Å². The normalized spacial score (nSPS) is 12.2. The lowest BCUT2D eigenvalue weighted by atomic mass is 10.0. The van der Waals surface area contributed by atoms with Gasteiger partial charge in [-0.2, -0.15) is 5.10 Å². The van der Waals surface area contributed by atoms with Gasteiger partial charge in [0.2, 0.25) is 0 Å². The number of ether oxygens (including phenoxy) is 1. The van der Waals surface area contributed by atoms with E-state index in [1.807, 2.05) is 25.3 Å². The van der Waals surface area contributed by atoms with Crippen LogP contribution in [0.1, 0.15) is 37.8 Å². The Morgan fingerprint density at radius 1 is 1.35 bits per heavy atom. The van der Waals surface area contributed by atoms with E-state index in [2.05, 4.69) is 36.4 Å². The number of nitrogens with one attached hydrogen (secondary N) is 1. The summed E-state index contributed by atoms with van der Waals surface area (Å²) in [7, 11) is 0. The summed E-state index contributed by atoms with van der Waals surface area (Å²) >= 11 is 0. The average Bonchev–Trinajstić information content (AvgIpc) is 3.00. The van der Waals surface area contributed by atoms with Gasteiger partial charge in [-0.05, 0) is 43.0 Å². The third kappa shape index (κ3) is 4.84. The molecule has 0 saturated carbocycles. The van der Waals surface area contributed by atoms with Gasteiger partial charge in [0, 0.05) is 18.9 Å². The largest absolute Gasteiger partial charge is 0.481 e. The summed E-state index contributed by atoms with van der Waals surface area (Å²) < 4.78 is 7.68. The van der Waals surface area contributed by atoms with Crippen LogP contribution < -0.4 is 10.1 Å². The molecule has 1 aromatic carbocycles. The van der Waals surface area contributed by atoms with E-state index >= 15 is 0 Å². The number of nitrogens with zero attached hydrogens (tertiary/aromatic N) is 2. The van der Waals surface area contributed by atoms with E-state index in [4.69, 9.17) is 4.74 Å². The van der Waals surface area contributed by atoms with E-state index in [-0.39, 0.29) is 5.91 Å². The zero-order valence-corrected chi connectivity index (χ0v) is 14.2. The van der Waals surface area contributed by atoms with E-state index in [9.17, 15) is 4.79 Å². The van der Waals surface area contributed by atoms with Crippen molar-refractivity contribution in [2.75, 3.05) is 6.54 Å². The lowest BCUT2D eigenvalue weighted by Gasteiger charge is -2.19. The number of benzene rings is 1. The van der Waals surface area contributed by atoms with Crippen molar-refractivity contribution in [3.05, 3.63) is 47.8 Å². The second-order valence-corrected chi connectivity index (χ2v) is 6.02. The van der Waals surface area contributed by atoms with Crippen molar-refractivity contribution in [1.82, 2.24) is 15.1 Å². The number of amides is 1. The standard InChI is InChI=1S/C18H25N3O2/c1-13(2)16-7-6-14(3)12-17(16)23-15(4)18(22)19-9-11-21-10-5-8-20-21/h5-8,10,12-13,15H,9,11H2,1-4H3,(H,19,22)/t15-/m1/s1. The lowest BCUT2D eigenvalue weighted by molar-refractivity contribution is -0.127. The Morgan fingerprint density at radius 3 is 2.78 bits per heavy atom. The van der Waals surface area contributed by atoms with Crippen molar-refractivity contribution in [1.29, 1.82) is 0 Å². The molecule has 0 aliphatic carbocycles. The molecular formula is C18H25N3O2. The fourth-order valence-electron chi connectivity index (χ4n) is 2.33. The number of rotatable bonds is 7. The van der Waals surface area contributed by atoms with E-state index in [1.54, 1.807) is 17.8 Å². The molecule has 0 bridgehead atoms. The highest BCUT2D eigenvalue weighted by atomic mass is 16.5. The summed E-state index contributed by atoms with van der Waals surface area (Å²) in [6, 6.07) is 7.98. The minimum absolute atomic E-state index is 0.117. The van der Waals surface area contributed by atoms with Crippen LogP contribution in [0.15, 0.2) is 36.7 Å². The molecule has 5 nitrogen and oxygen atoms in total. The van der Waals surface area contributed by atoms with Crippen LogP contribution in [0.5, 0.6) is 5.75 Å². The Balaban J connectivity index is 1.91. The number of aryl methyl sites for hydroxylation is 1. The second-order valence-electron chi connectivity index (χ2n) is 6.02. The maximum absolute atomic E-state index is 12.2. The van der Waals surface area contributed by atoms with Crippen molar-refractivity contribution < 1.29 is 9.53 Å². The Bertz CT molecular complexity index is 636. The maximum Gasteiger partial charge on any atom is 0.260 e. The van der Waals surface area contributed by atoms with Gasteiger partial charge in [-0.15, -0.1) is 0 Å². The van der Waals surface area contributed by atoms with Crippen LogP contribution in [0.2, 0.25) is 0 Å². The first kappa shape index (κ1) is 17.1. The molecule has 0 aliphatic rings. The number of carbonyl (C=O) groups is 1. The van der Waals surface area contributed by atoms with E-state index in [0.29, 0.717) is 19.0 Å². The minimum atomic E-state index is -0.535. The Kier molecular flexibility index (Phi) is 5.79. The van der Waals surface area contributed by atoms with Gasteiger partial charge in [-0.1, -0.05) is 26.0 Å². The van der Waals surface area contributed by atoms with Crippen LogP contribution in [0.3, 0.4) is 0 Å². The molecule has 0 radical (unpaired) electrons. The monoisotopic (exact) mass is 315 g/mol. The summed E-state index contributed by atoms with van der Waals surface area (Å²) in [6.07, 6.45) is 3.05. The van der Waals surface area contributed by atoms with Gasteiger partial charge < -0.3 is 10.1 Å². The van der Waals surface area contributed by atoms with Crippen molar-refractivity contribution in [3.8, 4) is 5.75 Å². The minimum Gasteiger partial charge on any atom is -0.481 e. The summed E-state index contributed by atoms with van der Waals surface area (Å²) in [5.41, 5.74) is 2.24. The van der Waals surface area contributed by atoms with Crippen LogP contribution in [0.25, 0.3) is 0 Å². The highest BCUT2D eigenvalue weighted by Crippen LogP contribution is 2.28. The van der Waals surface area contributed by atoms with Crippen LogP contribution >= 0.6 is 0 Å². The first-order valence-electron chi connectivity index (χ1n) is 7.99. The summed E-state index contributed by atoms with van der Waals surface area (Å²) in [6.45, 7) is 9.20. The molecule has 1 heterocycles. The first-order chi connectivity index (χ1) is 11.0. The van der Waals surface area contributed by atoms with E-state index < -0.39 is 6.10 Å². The first-order valence-corrected chi connectivity index (χ1v) is 7.99. The van der Waals surface area contributed by atoms with Gasteiger partial charge in [-0.25, -0.2) is 0 Å². The molecule has 1 amide bonds. The van der Waals surface area contributed by atoms with Gasteiger partial charge in [-0.3, -0.25) is 9.48 Å². The highest BCUT2D eigenvalue weighted by molar-refractivity contribution is 5.80. The maximum atomic E-state index is 12.2. The van der Waals surface area contributed by atoms with E-state index in [0.717, 1.165) is 16.9 Å². The molecular weight excluding hydrogens is 290 g/mol. The molecule has 2 aromatic rings. The zero-order valence-electron chi connectivity index (χ0n) is 14.2.